The fourth-order valence-corrected chi connectivity index (χ4v) is 3.58. The van der Waals surface area contributed by atoms with Crippen molar-refractivity contribution < 1.29 is 18.0 Å². The lowest BCUT2D eigenvalue weighted by atomic mass is 10.0. The fraction of sp³-hybridized carbons (Fsp3) is 0.316. The van der Waals surface area contributed by atoms with Crippen molar-refractivity contribution in [1.82, 2.24) is 15.1 Å². The standard InChI is InChI=1S/C19H19N3O4S/c23-17(13-27-19-21-20-18(26-19)16-9-5-11-25-16)22(12-15-8-4-10-24-15)14-6-2-1-3-7-14/h4-6,8-11H,1-3,7,12-13H2. The second-order valence-electron chi connectivity index (χ2n) is 6.14. The molecule has 3 aromatic heterocycles. The molecular weight excluding hydrogens is 366 g/mol. The topological polar surface area (TPSA) is 85.5 Å². The number of nitrogens with zero attached hydrogens (tertiary/aromatic N) is 3. The highest BCUT2D eigenvalue weighted by Crippen LogP contribution is 2.27. The summed E-state index contributed by atoms with van der Waals surface area (Å²) in [5.74, 6) is 1.77. The van der Waals surface area contributed by atoms with Crippen LogP contribution in [0.1, 0.15) is 31.4 Å². The molecule has 0 aliphatic heterocycles. The van der Waals surface area contributed by atoms with Crippen molar-refractivity contribution in [3.8, 4) is 11.7 Å². The van der Waals surface area contributed by atoms with E-state index in [4.69, 9.17) is 13.3 Å². The quantitative estimate of drug-likeness (QED) is 0.553. The second-order valence-corrected chi connectivity index (χ2v) is 7.07. The van der Waals surface area contributed by atoms with Crippen LogP contribution >= 0.6 is 11.8 Å². The summed E-state index contributed by atoms with van der Waals surface area (Å²) in [6.45, 7) is 0.430. The van der Waals surface area contributed by atoms with Crippen LogP contribution in [0.2, 0.25) is 0 Å². The van der Waals surface area contributed by atoms with Crippen LogP contribution in [0.4, 0.5) is 0 Å². The molecule has 3 heterocycles. The molecule has 0 fully saturated rings. The van der Waals surface area contributed by atoms with E-state index in [0.717, 1.165) is 30.7 Å². The zero-order chi connectivity index (χ0) is 18.5. The number of amides is 1. The van der Waals surface area contributed by atoms with Crippen LogP contribution in [-0.4, -0.2) is 26.8 Å². The molecule has 1 aliphatic carbocycles. The third-order valence-electron chi connectivity index (χ3n) is 4.27. The van der Waals surface area contributed by atoms with Gasteiger partial charge in [0.05, 0.1) is 24.8 Å². The van der Waals surface area contributed by atoms with E-state index in [2.05, 4.69) is 16.3 Å². The Morgan fingerprint density at radius 3 is 2.78 bits per heavy atom. The van der Waals surface area contributed by atoms with Gasteiger partial charge in [0.2, 0.25) is 5.91 Å². The Morgan fingerprint density at radius 1 is 1.15 bits per heavy atom. The van der Waals surface area contributed by atoms with Gasteiger partial charge in [-0.25, -0.2) is 0 Å². The molecule has 0 aromatic carbocycles. The molecule has 0 radical (unpaired) electrons. The SMILES string of the molecule is O=C(CSc1nnc(-c2ccco2)o1)N(Cc1ccco1)C1=CCCCC1. The van der Waals surface area contributed by atoms with Crippen molar-refractivity contribution in [2.45, 2.75) is 37.5 Å². The molecular formula is C19H19N3O4S. The summed E-state index contributed by atoms with van der Waals surface area (Å²) in [6, 6.07) is 7.20. The summed E-state index contributed by atoms with van der Waals surface area (Å²) >= 11 is 1.22. The lowest BCUT2D eigenvalue weighted by Crippen LogP contribution is -2.32. The monoisotopic (exact) mass is 385 g/mol. The summed E-state index contributed by atoms with van der Waals surface area (Å²) in [6.07, 6.45) is 9.48. The first-order valence-electron chi connectivity index (χ1n) is 8.81. The largest absolute Gasteiger partial charge is 0.467 e. The molecule has 3 aromatic rings. The minimum atomic E-state index is -0.0118. The predicted molar refractivity (Wildman–Crippen MR) is 98.5 cm³/mol. The Morgan fingerprint density at radius 2 is 2.04 bits per heavy atom. The van der Waals surface area contributed by atoms with Gasteiger partial charge in [-0.1, -0.05) is 17.8 Å². The van der Waals surface area contributed by atoms with Crippen LogP contribution in [0, 0.1) is 0 Å². The number of allylic oxidation sites excluding steroid dienone is 2. The van der Waals surface area contributed by atoms with Crippen molar-refractivity contribution >= 4 is 17.7 Å². The first-order chi connectivity index (χ1) is 13.3. The Labute approximate surface area is 160 Å². The molecule has 4 rings (SSSR count). The Kier molecular flexibility index (Phi) is 5.43. The minimum absolute atomic E-state index is 0.0118. The molecule has 0 saturated heterocycles. The summed E-state index contributed by atoms with van der Waals surface area (Å²) < 4.78 is 16.2. The van der Waals surface area contributed by atoms with Gasteiger partial charge >= 0.3 is 0 Å². The van der Waals surface area contributed by atoms with Crippen molar-refractivity contribution in [1.29, 1.82) is 0 Å². The number of hydrogen-bond donors (Lipinski definition) is 0. The maximum absolute atomic E-state index is 12.9. The number of furan rings is 2. The smallest absolute Gasteiger partial charge is 0.284 e. The molecule has 0 spiro atoms. The van der Waals surface area contributed by atoms with E-state index < -0.39 is 0 Å². The summed E-state index contributed by atoms with van der Waals surface area (Å²) in [4.78, 5) is 14.7. The maximum Gasteiger partial charge on any atom is 0.284 e. The van der Waals surface area contributed by atoms with Crippen LogP contribution in [0.15, 0.2) is 67.0 Å². The molecule has 0 atom stereocenters. The van der Waals surface area contributed by atoms with Crippen LogP contribution in [0.3, 0.4) is 0 Å². The zero-order valence-electron chi connectivity index (χ0n) is 14.7. The van der Waals surface area contributed by atoms with Crippen molar-refractivity contribution in [3.63, 3.8) is 0 Å². The summed E-state index contributed by atoms with van der Waals surface area (Å²) in [7, 11) is 0. The molecule has 7 nitrogen and oxygen atoms in total. The van der Waals surface area contributed by atoms with Gasteiger partial charge in [-0.15, -0.1) is 10.2 Å². The van der Waals surface area contributed by atoms with Gasteiger partial charge in [-0.2, -0.15) is 0 Å². The fourth-order valence-electron chi connectivity index (χ4n) is 2.94. The molecule has 140 valence electrons. The van der Waals surface area contributed by atoms with E-state index in [-0.39, 0.29) is 11.7 Å². The van der Waals surface area contributed by atoms with Crippen LogP contribution in [0.25, 0.3) is 11.7 Å². The normalized spacial score (nSPS) is 14.1. The van der Waals surface area contributed by atoms with Gasteiger partial charge in [-0.3, -0.25) is 4.79 Å². The van der Waals surface area contributed by atoms with E-state index in [0.29, 0.717) is 23.4 Å². The molecule has 0 bridgehead atoms. The van der Waals surface area contributed by atoms with E-state index in [1.165, 1.54) is 18.2 Å². The van der Waals surface area contributed by atoms with Gasteiger partial charge in [-0.05, 0) is 49.9 Å². The lowest BCUT2D eigenvalue weighted by Gasteiger charge is -2.26. The molecule has 8 heteroatoms. The van der Waals surface area contributed by atoms with E-state index in [9.17, 15) is 4.79 Å². The second kappa shape index (κ2) is 8.30. The average Bonchev–Trinajstić information content (AvgIpc) is 3.47. The molecule has 0 N–H and O–H groups in total. The molecule has 27 heavy (non-hydrogen) atoms. The van der Waals surface area contributed by atoms with Crippen LogP contribution in [-0.2, 0) is 11.3 Å². The summed E-state index contributed by atoms with van der Waals surface area (Å²) in [5.41, 5.74) is 1.06. The number of carbonyl (C=O) groups excluding carboxylic acids is 1. The highest BCUT2D eigenvalue weighted by Gasteiger charge is 2.22. The van der Waals surface area contributed by atoms with Gasteiger partial charge in [0.25, 0.3) is 11.1 Å². The third kappa shape index (κ3) is 4.33. The van der Waals surface area contributed by atoms with E-state index in [1.807, 2.05) is 12.1 Å². The number of carbonyl (C=O) groups is 1. The van der Waals surface area contributed by atoms with Crippen molar-refractivity contribution in [2.24, 2.45) is 0 Å². The number of aromatic nitrogens is 2. The van der Waals surface area contributed by atoms with Gasteiger partial charge in [0.1, 0.15) is 5.76 Å². The Hall–Kier alpha value is -2.74. The predicted octanol–water partition coefficient (Wildman–Crippen LogP) is 4.50. The molecule has 1 amide bonds. The first kappa shape index (κ1) is 17.7. The number of rotatable bonds is 7. The van der Waals surface area contributed by atoms with Gasteiger partial charge < -0.3 is 18.2 Å². The maximum atomic E-state index is 12.9. The van der Waals surface area contributed by atoms with E-state index in [1.54, 1.807) is 29.6 Å². The van der Waals surface area contributed by atoms with Crippen LogP contribution < -0.4 is 0 Å². The van der Waals surface area contributed by atoms with Gasteiger partial charge in [0, 0.05) is 5.70 Å². The van der Waals surface area contributed by atoms with Gasteiger partial charge in [0.15, 0.2) is 5.76 Å². The third-order valence-corrected chi connectivity index (χ3v) is 5.07. The van der Waals surface area contributed by atoms with Crippen molar-refractivity contribution in [2.75, 3.05) is 5.75 Å². The minimum Gasteiger partial charge on any atom is -0.467 e. The highest BCUT2D eigenvalue weighted by molar-refractivity contribution is 7.99. The Balaban J connectivity index is 1.42. The first-order valence-corrected chi connectivity index (χ1v) is 9.80. The van der Waals surface area contributed by atoms with E-state index >= 15 is 0 Å². The van der Waals surface area contributed by atoms with Crippen molar-refractivity contribution in [3.05, 3.63) is 54.3 Å². The van der Waals surface area contributed by atoms with Crippen LogP contribution in [0.5, 0.6) is 0 Å². The Bertz CT molecular complexity index is 899. The molecule has 0 unspecified atom stereocenters. The zero-order valence-corrected chi connectivity index (χ0v) is 15.5. The summed E-state index contributed by atoms with van der Waals surface area (Å²) in [5, 5.41) is 8.26. The molecule has 1 aliphatic rings. The highest BCUT2D eigenvalue weighted by atomic mass is 32.2. The lowest BCUT2D eigenvalue weighted by molar-refractivity contribution is -0.127. The number of hydrogen-bond acceptors (Lipinski definition) is 7. The number of thioether (sulfide) groups is 1. The average molecular weight is 385 g/mol. The molecule has 0 saturated carbocycles.